The summed E-state index contributed by atoms with van der Waals surface area (Å²) in [5, 5.41) is 4.23. The summed E-state index contributed by atoms with van der Waals surface area (Å²) in [6, 6.07) is 17.6. The molecule has 47 heavy (non-hydrogen) atoms. The van der Waals surface area contributed by atoms with E-state index in [1.165, 1.54) is 23.1 Å². The monoisotopic (exact) mass is 647 g/mol. The van der Waals surface area contributed by atoms with Crippen molar-refractivity contribution in [3.63, 3.8) is 0 Å². The third kappa shape index (κ3) is 5.43. The van der Waals surface area contributed by atoms with Gasteiger partial charge in [0.2, 0.25) is 11.8 Å². The van der Waals surface area contributed by atoms with Crippen LogP contribution in [0.25, 0.3) is 21.5 Å². The number of carbonyl (C=O) groups is 3. The predicted octanol–water partition coefficient (Wildman–Crippen LogP) is 4.57. The lowest BCUT2D eigenvalue weighted by Crippen LogP contribution is -2.53. The summed E-state index contributed by atoms with van der Waals surface area (Å²) in [5.41, 5.74) is 6.47. The second-order valence-corrected chi connectivity index (χ2v) is 13.0. The van der Waals surface area contributed by atoms with Crippen LogP contribution in [0, 0.1) is 5.82 Å². The number of thiazole rings is 1. The van der Waals surface area contributed by atoms with Crippen LogP contribution in [0.1, 0.15) is 39.9 Å². The van der Waals surface area contributed by atoms with Crippen LogP contribution < -0.4 is 15.1 Å². The average molecular weight is 648 g/mol. The molecular formula is C35H30FN7O3S. The SMILES string of the molecule is O=C1CCC(N2C(=O)c3cccc4c(Cc5ccc(CN6CCN(c7nc(-c8cncs8)ncc7F)CC6)cc5)ccc2c34)C(=O)N1. The molecule has 3 aliphatic rings. The van der Waals surface area contributed by atoms with Crippen molar-refractivity contribution in [3.8, 4) is 10.7 Å². The highest BCUT2D eigenvalue weighted by molar-refractivity contribution is 7.13. The number of hydrogen-bond acceptors (Lipinski definition) is 9. The first-order valence-electron chi connectivity index (χ1n) is 15.6. The minimum Gasteiger partial charge on any atom is -0.352 e. The molecule has 1 atom stereocenters. The Kier molecular flexibility index (Phi) is 7.45. The first-order chi connectivity index (χ1) is 22.9. The van der Waals surface area contributed by atoms with Crippen molar-refractivity contribution in [1.82, 2.24) is 25.2 Å². The van der Waals surface area contributed by atoms with Gasteiger partial charge in [0.25, 0.3) is 5.91 Å². The van der Waals surface area contributed by atoms with E-state index in [-0.39, 0.29) is 18.2 Å². The molecule has 3 aromatic carbocycles. The van der Waals surface area contributed by atoms with Gasteiger partial charge in [-0.3, -0.25) is 34.5 Å². The van der Waals surface area contributed by atoms with E-state index in [9.17, 15) is 18.8 Å². The lowest BCUT2D eigenvalue weighted by molar-refractivity contribution is -0.134. The quantitative estimate of drug-likeness (QED) is 0.256. The lowest BCUT2D eigenvalue weighted by Gasteiger charge is -2.35. The Morgan fingerprint density at radius 2 is 1.74 bits per heavy atom. The number of nitrogens with one attached hydrogen (secondary N) is 1. The van der Waals surface area contributed by atoms with E-state index in [4.69, 9.17) is 0 Å². The number of benzene rings is 3. The molecule has 1 N–H and O–H groups in total. The highest BCUT2D eigenvalue weighted by atomic mass is 32.1. The number of hydrogen-bond donors (Lipinski definition) is 1. The van der Waals surface area contributed by atoms with E-state index in [1.807, 2.05) is 35.2 Å². The van der Waals surface area contributed by atoms with Crippen LogP contribution >= 0.6 is 11.3 Å². The van der Waals surface area contributed by atoms with Crippen molar-refractivity contribution in [2.75, 3.05) is 36.0 Å². The Labute approximate surface area is 273 Å². The number of nitrogens with zero attached hydrogens (tertiary/aromatic N) is 6. The van der Waals surface area contributed by atoms with Gasteiger partial charge < -0.3 is 4.90 Å². The van der Waals surface area contributed by atoms with Crippen LogP contribution in [-0.4, -0.2) is 69.8 Å². The van der Waals surface area contributed by atoms with Gasteiger partial charge >= 0.3 is 0 Å². The fourth-order valence-corrected chi connectivity index (χ4v) is 7.40. The summed E-state index contributed by atoms with van der Waals surface area (Å²) < 4.78 is 14.7. The molecule has 5 aromatic rings. The maximum Gasteiger partial charge on any atom is 0.259 e. The maximum absolute atomic E-state index is 14.7. The number of aromatic nitrogens is 3. The zero-order valence-corrected chi connectivity index (χ0v) is 26.2. The van der Waals surface area contributed by atoms with Gasteiger partial charge in [-0.25, -0.2) is 14.4 Å². The van der Waals surface area contributed by atoms with Gasteiger partial charge in [0, 0.05) is 56.3 Å². The normalized spacial score (nSPS) is 18.3. The molecule has 2 aromatic heterocycles. The first kappa shape index (κ1) is 29.3. The smallest absolute Gasteiger partial charge is 0.259 e. The summed E-state index contributed by atoms with van der Waals surface area (Å²) in [6.45, 7) is 3.71. The van der Waals surface area contributed by atoms with Gasteiger partial charge in [-0.1, -0.05) is 42.5 Å². The van der Waals surface area contributed by atoms with E-state index < -0.39 is 17.8 Å². The Morgan fingerprint density at radius 3 is 2.51 bits per heavy atom. The highest BCUT2D eigenvalue weighted by Gasteiger charge is 2.40. The average Bonchev–Trinajstić information content (AvgIpc) is 3.72. The Bertz CT molecular complexity index is 2030. The Balaban J connectivity index is 0.934. The van der Waals surface area contributed by atoms with Crippen molar-refractivity contribution in [2.24, 2.45) is 0 Å². The summed E-state index contributed by atoms with van der Waals surface area (Å²) in [6.07, 6.45) is 4.15. The molecule has 0 spiro atoms. The molecule has 2 fully saturated rings. The van der Waals surface area contributed by atoms with Crippen molar-refractivity contribution < 1.29 is 18.8 Å². The summed E-state index contributed by atoms with van der Waals surface area (Å²) >= 11 is 1.43. The molecule has 2 saturated heterocycles. The third-order valence-corrected chi connectivity index (χ3v) is 9.98. The van der Waals surface area contributed by atoms with E-state index >= 15 is 0 Å². The molecular weight excluding hydrogens is 617 g/mol. The second-order valence-electron chi connectivity index (χ2n) is 12.1. The molecule has 3 aliphatic heterocycles. The molecule has 236 valence electrons. The molecule has 8 rings (SSSR count). The molecule has 1 unspecified atom stereocenters. The second kappa shape index (κ2) is 11.9. The van der Waals surface area contributed by atoms with Gasteiger partial charge in [0.05, 0.1) is 22.3 Å². The number of amides is 3. The topological polar surface area (TPSA) is 112 Å². The molecule has 3 amide bonds. The minimum atomic E-state index is -0.701. The number of imide groups is 1. The van der Waals surface area contributed by atoms with E-state index in [0.29, 0.717) is 43.1 Å². The van der Waals surface area contributed by atoms with Gasteiger partial charge in [-0.2, -0.15) is 0 Å². The van der Waals surface area contributed by atoms with Gasteiger partial charge in [0.1, 0.15) is 6.04 Å². The molecule has 0 radical (unpaired) electrons. The molecule has 10 nitrogen and oxygen atoms in total. The standard InChI is InChI=1S/C35H30FN7O3S/c36-26-17-38-32(29-18-37-20-47-29)40-33(26)42-14-12-41(13-15-42)19-22-6-4-21(5-7-22)16-23-8-9-27-31-24(23)2-1-3-25(31)35(46)43(27)28-10-11-30(44)39-34(28)45/h1-9,17-18,20,28H,10-16,19H2,(H,39,44,45). The zero-order valence-electron chi connectivity index (χ0n) is 25.4. The molecule has 0 saturated carbocycles. The third-order valence-electron chi connectivity index (χ3n) is 9.21. The van der Waals surface area contributed by atoms with E-state index in [0.717, 1.165) is 52.1 Å². The number of carbonyl (C=O) groups excluding carboxylic acids is 3. The van der Waals surface area contributed by atoms with Gasteiger partial charge in [-0.05, 0) is 47.1 Å². The van der Waals surface area contributed by atoms with Crippen LogP contribution in [0.4, 0.5) is 15.9 Å². The van der Waals surface area contributed by atoms with Crippen LogP contribution in [0.15, 0.2) is 72.5 Å². The van der Waals surface area contributed by atoms with Gasteiger partial charge in [-0.15, -0.1) is 11.3 Å². The Hall–Kier alpha value is -5.07. The first-order valence-corrected chi connectivity index (χ1v) is 16.5. The highest BCUT2D eigenvalue weighted by Crippen LogP contribution is 2.41. The van der Waals surface area contributed by atoms with Gasteiger partial charge in [0.15, 0.2) is 17.5 Å². The summed E-state index contributed by atoms with van der Waals surface area (Å²) in [4.78, 5) is 57.3. The fraction of sp³-hybridized carbons (Fsp3) is 0.257. The maximum atomic E-state index is 14.7. The van der Waals surface area contributed by atoms with Crippen LogP contribution in [0.5, 0.6) is 0 Å². The number of piperidine rings is 1. The van der Waals surface area contributed by atoms with Crippen molar-refractivity contribution >= 4 is 51.3 Å². The molecule has 0 bridgehead atoms. The van der Waals surface area contributed by atoms with E-state index in [1.54, 1.807) is 16.6 Å². The number of rotatable bonds is 7. The lowest BCUT2D eigenvalue weighted by atomic mass is 9.95. The van der Waals surface area contributed by atoms with E-state index in [2.05, 4.69) is 49.4 Å². The molecule has 12 heteroatoms. The fourth-order valence-electron chi connectivity index (χ4n) is 6.84. The summed E-state index contributed by atoms with van der Waals surface area (Å²) in [7, 11) is 0. The number of anilines is 2. The largest absolute Gasteiger partial charge is 0.352 e. The zero-order chi connectivity index (χ0) is 32.1. The summed E-state index contributed by atoms with van der Waals surface area (Å²) in [5.74, 6) is -0.523. The van der Waals surface area contributed by atoms with Crippen LogP contribution in [0.2, 0.25) is 0 Å². The van der Waals surface area contributed by atoms with Crippen LogP contribution in [-0.2, 0) is 22.6 Å². The molecule has 0 aliphatic carbocycles. The Morgan fingerprint density at radius 1 is 0.936 bits per heavy atom. The van der Waals surface area contributed by atoms with Crippen molar-refractivity contribution in [1.29, 1.82) is 0 Å². The minimum absolute atomic E-state index is 0.203. The number of piperazine rings is 1. The molecule has 5 heterocycles. The van der Waals surface area contributed by atoms with Crippen LogP contribution in [0.3, 0.4) is 0 Å². The van der Waals surface area contributed by atoms with Crippen molar-refractivity contribution in [3.05, 3.63) is 101 Å². The number of halogens is 1. The predicted molar refractivity (Wildman–Crippen MR) is 177 cm³/mol. The van der Waals surface area contributed by atoms with Crippen molar-refractivity contribution in [2.45, 2.75) is 31.8 Å².